The quantitative estimate of drug-likeness (QED) is 0.646. The maximum absolute atomic E-state index is 12.9. The highest BCUT2D eigenvalue weighted by Crippen LogP contribution is 2.27. The molecule has 3 rings (SSSR count). The molecule has 0 aliphatic carbocycles. The zero-order chi connectivity index (χ0) is 21.2. The normalized spacial score (nSPS) is 13.0. The van der Waals surface area contributed by atoms with Gasteiger partial charge in [0.05, 0.1) is 6.26 Å². The second kappa shape index (κ2) is 8.22. The summed E-state index contributed by atoms with van der Waals surface area (Å²) in [5.74, 6) is -0.604. The van der Waals surface area contributed by atoms with E-state index in [4.69, 9.17) is 4.42 Å². The van der Waals surface area contributed by atoms with Crippen LogP contribution in [0.15, 0.2) is 22.8 Å². The van der Waals surface area contributed by atoms with Crippen LogP contribution < -0.4 is 5.32 Å². The van der Waals surface area contributed by atoms with Gasteiger partial charge in [0.2, 0.25) is 5.91 Å². The minimum Gasteiger partial charge on any atom is -0.469 e. The van der Waals surface area contributed by atoms with Gasteiger partial charge in [-0.1, -0.05) is 0 Å². The summed E-state index contributed by atoms with van der Waals surface area (Å²) >= 11 is 0. The number of alkyl halides is 3. The monoisotopic (exact) mass is 409 g/mol. The molecule has 156 valence electrons. The Kier molecular flexibility index (Phi) is 5.90. The number of hydrogen-bond donors (Lipinski definition) is 1. The van der Waals surface area contributed by atoms with E-state index in [1.807, 2.05) is 19.1 Å². The van der Waals surface area contributed by atoms with Gasteiger partial charge in [-0.15, -0.1) is 5.10 Å². The van der Waals surface area contributed by atoms with E-state index in [0.717, 1.165) is 23.1 Å². The van der Waals surface area contributed by atoms with E-state index >= 15 is 0 Å². The molecule has 10 heteroatoms. The van der Waals surface area contributed by atoms with Crippen molar-refractivity contribution in [3.63, 3.8) is 0 Å². The van der Waals surface area contributed by atoms with E-state index in [9.17, 15) is 18.0 Å². The first kappa shape index (κ1) is 20.8. The predicted octanol–water partition coefficient (Wildman–Crippen LogP) is 3.42. The largest absolute Gasteiger partial charge is 0.469 e. The van der Waals surface area contributed by atoms with Crippen molar-refractivity contribution in [1.29, 1.82) is 0 Å². The third-order valence-electron chi connectivity index (χ3n) is 4.72. The number of carbonyl (C=O) groups excluding carboxylic acids is 1. The molecule has 1 N–H and O–H groups in total. The zero-order valence-corrected chi connectivity index (χ0v) is 16.4. The third kappa shape index (κ3) is 4.93. The molecule has 0 saturated carbocycles. The van der Waals surface area contributed by atoms with Gasteiger partial charge < -0.3 is 9.73 Å². The van der Waals surface area contributed by atoms with Crippen LogP contribution in [0, 0.1) is 13.8 Å². The van der Waals surface area contributed by atoms with Gasteiger partial charge in [0.15, 0.2) is 0 Å². The highest BCUT2D eigenvalue weighted by molar-refractivity contribution is 5.76. The summed E-state index contributed by atoms with van der Waals surface area (Å²) in [6.07, 6.45) is -1.02. The molecule has 0 unspecified atom stereocenters. The molecule has 7 nitrogen and oxygen atoms in total. The van der Waals surface area contributed by atoms with Crippen LogP contribution in [0.2, 0.25) is 0 Å². The fourth-order valence-electron chi connectivity index (χ4n) is 3.16. The van der Waals surface area contributed by atoms with Crippen LogP contribution in [0.5, 0.6) is 0 Å². The molecular formula is C19H22F3N5O2. The molecule has 1 amide bonds. The Morgan fingerprint density at radius 2 is 2.03 bits per heavy atom. The Morgan fingerprint density at radius 1 is 1.28 bits per heavy atom. The third-order valence-corrected chi connectivity index (χ3v) is 4.72. The standard InChI is InChI=1S/C19H22F3N5O2/c1-11(6-7-14-5-4-10-29-14)23-16(28)9-8-15-12(2)24-18-25-17(19(20,21)22)26-27(18)13(15)3/h4-5,10-11H,6-9H2,1-3H3,(H,23,28)/t11-/m1/s1. The predicted molar refractivity (Wildman–Crippen MR) is 98.2 cm³/mol. The summed E-state index contributed by atoms with van der Waals surface area (Å²) in [6.45, 7) is 5.25. The first-order valence-electron chi connectivity index (χ1n) is 9.27. The van der Waals surface area contributed by atoms with Crippen molar-refractivity contribution in [2.45, 2.75) is 58.7 Å². The average molecular weight is 409 g/mol. The van der Waals surface area contributed by atoms with Crippen molar-refractivity contribution in [3.05, 3.63) is 46.9 Å². The number of halogens is 3. The number of furan rings is 1. The molecule has 3 heterocycles. The van der Waals surface area contributed by atoms with Crippen molar-refractivity contribution in [2.24, 2.45) is 0 Å². The number of aromatic nitrogens is 4. The van der Waals surface area contributed by atoms with Crippen molar-refractivity contribution in [3.8, 4) is 0 Å². The molecule has 0 spiro atoms. The second-order valence-corrected chi connectivity index (χ2v) is 6.99. The molecule has 29 heavy (non-hydrogen) atoms. The molecule has 0 aliphatic rings. The number of fused-ring (bicyclic) bond motifs is 1. The van der Waals surface area contributed by atoms with Gasteiger partial charge in [-0.2, -0.15) is 18.2 Å². The SMILES string of the molecule is Cc1nc2nc(C(F)(F)F)nn2c(C)c1CCC(=O)N[C@H](C)CCc1ccco1. The summed E-state index contributed by atoms with van der Waals surface area (Å²) in [7, 11) is 0. The maximum atomic E-state index is 12.9. The van der Waals surface area contributed by atoms with Gasteiger partial charge in [0, 0.05) is 30.3 Å². The number of hydrogen-bond acceptors (Lipinski definition) is 5. The second-order valence-electron chi connectivity index (χ2n) is 6.99. The number of rotatable bonds is 7. The van der Waals surface area contributed by atoms with Crippen molar-refractivity contribution in [2.75, 3.05) is 0 Å². The van der Waals surface area contributed by atoms with E-state index in [1.54, 1.807) is 20.1 Å². The Hall–Kier alpha value is -2.91. The minimum atomic E-state index is -4.64. The first-order chi connectivity index (χ1) is 13.6. The van der Waals surface area contributed by atoms with Gasteiger partial charge in [-0.05, 0) is 51.3 Å². The number of amides is 1. The molecule has 0 aromatic carbocycles. The lowest BCUT2D eigenvalue weighted by Crippen LogP contribution is -2.33. The molecule has 3 aromatic heterocycles. The summed E-state index contributed by atoms with van der Waals surface area (Å²) in [5.41, 5.74) is 1.72. The Bertz CT molecular complexity index is 996. The van der Waals surface area contributed by atoms with Crippen molar-refractivity contribution < 1.29 is 22.4 Å². The topological polar surface area (TPSA) is 85.3 Å². The maximum Gasteiger partial charge on any atom is 0.453 e. The minimum absolute atomic E-state index is 0.0277. The number of nitrogens with one attached hydrogen (secondary N) is 1. The molecule has 0 radical (unpaired) electrons. The van der Waals surface area contributed by atoms with Gasteiger partial charge in [-0.3, -0.25) is 4.79 Å². The molecule has 0 saturated heterocycles. The first-order valence-corrected chi connectivity index (χ1v) is 9.27. The van der Waals surface area contributed by atoms with E-state index < -0.39 is 12.0 Å². The number of carbonyl (C=O) groups is 1. The molecule has 0 bridgehead atoms. The average Bonchev–Trinajstić information content (AvgIpc) is 3.28. The lowest BCUT2D eigenvalue weighted by Gasteiger charge is -2.14. The van der Waals surface area contributed by atoms with Gasteiger partial charge >= 0.3 is 6.18 Å². The fraction of sp³-hybridized carbons (Fsp3) is 0.474. The van der Waals surface area contributed by atoms with Crippen LogP contribution in [0.25, 0.3) is 5.78 Å². The molecular weight excluding hydrogens is 387 g/mol. The van der Waals surface area contributed by atoms with Gasteiger partial charge in [0.1, 0.15) is 5.76 Å². The number of aryl methyl sites for hydroxylation is 3. The summed E-state index contributed by atoms with van der Waals surface area (Å²) < 4.78 is 44.9. The lowest BCUT2D eigenvalue weighted by atomic mass is 10.1. The van der Waals surface area contributed by atoms with Crippen LogP contribution in [0.3, 0.4) is 0 Å². The molecule has 1 atom stereocenters. The molecule has 0 aliphatic heterocycles. The summed E-state index contributed by atoms with van der Waals surface area (Å²) in [6, 6.07) is 3.68. The van der Waals surface area contributed by atoms with Crippen molar-refractivity contribution in [1.82, 2.24) is 24.9 Å². The van der Waals surface area contributed by atoms with Crippen LogP contribution in [0.4, 0.5) is 13.2 Å². The zero-order valence-electron chi connectivity index (χ0n) is 16.4. The van der Waals surface area contributed by atoms with Crippen LogP contribution >= 0.6 is 0 Å². The van der Waals surface area contributed by atoms with Crippen LogP contribution in [-0.2, 0) is 23.8 Å². The highest BCUT2D eigenvalue weighted by atomic mass is 19.4. The lowest BCUT2D eigenvalue weighted by molar-refractivity contribution is -0.144. The fourth-order valence-corrected chi connectivity index (χ4v) is 3.16. The van der Waals surface area contributed by atoms with Gasteiger partial charge in [0.25, 0.3) is 11.6 Å². The summed E-state index contributed by atoms with van der Waals surface area (Å²) in [5, 5.41) is 6.45. The van der Waals surface area contributed by atoms with E-state index in [0.29, 0.717) is 23.4 Å². The summed E-state index contributed by atoms with van der Waals surface area (Å²) in [4.78, 5) is 19.8. The smallest absolute Gasteiger partial charge is 0.453 e. The van der Waals surface area contributed by atoms with Crippen molar-refractivity contribution >= 4 is 11.7 Å². The Morgan fingerprint density at radius 3 is 2.69 bits per heavy atom. The van der Waals surface area contributed by atoms with E-state index in [-0.39, 0.29) is 24.1 Å². The van der Waals surface area contributed by atoms with Gasteiger partial charge in [-0.25, -0.2) is 9.50 Å². The van der Waals surface area contributed by atoms with Crippen LogP contribution in [0.1, 0.15) is 48.3 Å². The Labute approximate surface area is 165 Å². The number of nitrogens with zero attached hydrogens (tertiary/aromatic N) is 4. The molecule has 0 fully saturated rings. The van der Waals surface area contributed by atoms with E-state index in [2.05, 4.69) is 20.4 Å². The van der Waals surface area contributed by atoms with Crippen LogP contribution in [-0.4, -0.2) is 31.5 Å². The van der Waals surface area contributed by atoms with E-state index in [1.165, 1.54) is 0 Å². The molecule has 3 aromatic rings. The Balaban J connectivity index is 1.62. The highest BCUT2D eigenvalue weighted by Gasteiger charge is 2.36.